The first-order valence-corrected chi connectivity index (χ1v) is 12.7. The molecule has 8 nitrogen and oxygen atoms in total. The Morgan fingerprint density at radius 2 is 2.09 bits per heavy atom. The van der Waals surface area contributed by atoms with Gasteiger partial charge in [-0.15, -0.1) is 0 Å². The van der Waals surface area contributed by atoms with E-state index in [9.17, 15) is 14.7 Å². The summed E-state index contributed by atoms with van der Waals surface area (Å²) in [5.74, 6) is -0.00365. The molecular formula is C26H33ClN4O4. The van der Waals surface area contributed by atoms with E-state index in [2.05, 4.69) is 27.8 Å². The molecule has 1 aliphatic heterocycles. The highest BCUT2D eigenvalue weighted by atomic mass is 35.5. The lowest BCUT2D eigenvalue weighted by molar-refractivity contribution is -0.140. The number of rotatable bonds is 10. The number of nitrogens with zero attached hydrogens (tertiary/aromatic N) is 2. The second-order valence-corrected chi connectivity index (χ2v) is 9.98. The van der Waals surface area contributed by atoms with E-state index in [0.717, 1.165) is 56.6 Å². The van der Waals surface area contributed by atoms with Gasteiger partial charge in [-0.1, -0.05) is 17.7 Å². The number of hydrogen-bond donors (Lipinski definition) is 3. The molecule has 2 aromatic rings. The van der Waals surface area contributed by atoms with Crippen molar-refractivity contribution in [2.75, 3.05) is 18.5 Å². The van der Waals surface area contributed by atoms with Gasteiger partial charge in [0.05, 0.1) is 22.4 Å². The number of anilines is 1. The van der Waals surface area contributed by atoms with E-state index in [4.69, 9.17) is 21.3 Å². The summed E-state index contributed by atoms with van der Waals surface area (Å²) in [5, 5.41) is 15.8. The third kappa shape index (κ3) is 6.49. The van der Waals surface area contributed by atoms with Crippen LogP contribution < -0.4 is 10.6 Å². The average Bonchev–Trinajstić information content (AvgIpc) is 2.78. The van der Waals surface area contributed by atoms with E-state index in [1.165, 1.54) is 5.56 Å². The van der Waals surface area contributed by atoms with Gasteiger partial charge in [0.2, 0.25) is 0 Å². The fraction of sp³-hybridized carbons (Fsp3) is 0.538. The number of nitrogens with one attached hydrogen (secondary N) is 2. The van der Waals surface area contributed by atoms with Crippen LogP contribution in [0.15, 0.2) is 18.2 Å². The van der Waals surface area contributed by atoms with Gasteiger partial charge in [-0.25, -0.2) is 9.78 Å². The van der Waals surface area contributed by atoms with Crippen LogP contribution >= 0.6 is 11.6 Å². The van der Waals surface area contributed by atoms with Gasteiger partial charge in [0.25, 0.3) is 5.91 Å². The van der Waals surface area contributed by atoms with Crippen LogP contribution in [0.2, 0.25) is 5.02 Å². The molecule has 1 atom stereocenters. The normalized spacial score (nSPS) is 19.7. The lowest BCUT2D eigenvalue weighted by atomic mass is 9.79. The third-order valence-corrected chi connectivity index (χ3v) is 7.12. The molecule has 3 N–H and O–H groups in total. The number of halogens is 1. The minimum atomic E-state index is -1.10. The molecular weight excluding hydrogens is 468 g/mol. The number of carboxylic acid groups (broad SMARTS) is 1. The number of aryl methyl sites for hydroxylation is 4. The Bertz CT molecular complexity index is 1060. The molecule has 1 aliphatic carbocycles. The van der Waals surface area contributed by atoms with Gasteiger partial charge in [-0.2, -0.15) is 0 Å². The molecule has 2 aromatic heterocycles. The highest BCUT2D eigenvalue weighted by molar-refractivity contribution is 6.34. The number of amides is 1. The summed E-state index contributed by atoms with van der Waals surface area (Å²) in [7, 11) is 0. The maximum atomic E-state index is 12.6. The molecule has 4 rings (SSSR count). The SMILES string of the molecule is Cc1cc(Cl)c(C(=O)NC(CCOC2CC(CCc3ccc4c(n3)NCCC4)C2)C(=O)O)c(C)n1. The van der Waals surface area contributed by atoms with Crippen molar-refractivity contribution in [1.82, 2.24) is 15.3 Å². The van der Waals surface area contributed by atoms with Crippen molar-refractivity contribution in [2.45, 2.75) is 70.9 Å². The van der Waals surface area contributed by atoms with E-state index in [1.807, 2.05) is 0 Å². The topological polar surface area (TPSA) is 113 Å². The first-order valence-electron chi connectivity index (χ1n) is 12.3. The smallest absolute Gasteiger partial charge is 0.326 e. The van der Waals surface area contributed by atoms with Crippen molar-refractivity contribution in [3.05, 3.63) is 51.4 Å². The largest absolute Gasteiger partial charge is 0.480 e. The highest BCUT2D eigenvalue weighted by Crippen LogP contribution is 2.34. The summed E-state index contributed by atoms with van der Waals surface area (Å²) < 4.78 is 5.89. The van der Waals surface area contributed by atoms with Gasteiger partial charge in [0, 0.05) is 31.0 Å². The molecule has 0 aromatic carbocycles. The summed E-state index contributed by atoms with van der Waals surface area (Å²) in [5.41, 5.74) is 3.80. The van der Waals surface area contributed by atoms with Crippen molar-refractivity contribution < 1.29 is 19.4 Å². The van der Waals surface area contributed by atoms with Crippen molar-refractivity contribution >= 4 is 29.3 Å². The van der Waals surface area contributed by atoms with E-state index in [-0.39, 0.29) is 29.7 Å². The Morgan fingerprint density at radius 1 is 1.29 bits per heavy atom. The van der Waals surface area contributed by atoms with Gasteiger partial charge in [0.15, 0.2) is 0 Å². The molecule has 1 unspecified atom stereocenters. The van der Waals surface area contributed by atoms with Crippen LogP contribution in [0.25, 0.3) is 0 Å². The molecule has 1 saturated carbocycles. The zero-order valence-corrected chi connectivity index (χ0v) is 21.0. The summed E-state index contributed by atoms with van der Waals surface area (Å²) in [6, 6.07) is 4.87. The van der Waals surface area contributed by atoms with Gasteiger partial charge in [-0.05, 0) is 76.0 Å². The van der Waals surface area contributed by atoms with E-state index in [1.54, 1.807) is 19.9 Å². The molecule has 188 valence electrons. The number of aliphatic carboxylic acids is 1. The minimum Gasteiger partial charge on any atom is -0.480 e. The highest BCUT2D eigenvalue weighted by Gasteiger charge is 2.30. The van der Waals surface area contributed by atoms with Crippen LogP contribution in [-0.4, -0.2) is 52.2 Å². The maximum absolute atomic E-state index is 12.6. The Balaban J connectivity index is 1.18. The summed E-state index contributed by atoms with van der Waals surface area (Å²) in [4.78, 5) is 33.3. The molecule has 0 saturated heterocycles. The second kappa shape index (κ2) is 11.4. The molecule has 9 heteroatoms. The Hall–Kier alpha value is -2.71. The molecule has 0 spiro atoms. The quantitative estimate of drug-likeness (QED) is 0.450. The number of pyridine rings is 2. The molecule has 3 heterocycles. The van der Waals surface area contributed by atoms with Gasteiger partial charge in [0.1, 0.15) is 11.9 Å². The van der Waals surface area contributed by atoms with Crippen LogP contribution in [0.5, 0.6) is 0 Å². The Labute approximate surface area is 210 Å². The Morgan fingerprint density at radius 3 is 2.83 bits per heavy atom. The van der Waals surface area contributed by atoms with Crippen LogP contribution in [0.3, 0.4) is 0 Å². The maximum Gasteiger partial charge on any atom is 0.326 e. The minimum absolute atomic E-state index is 0.140. The van der Waals surface area contributed by atoms with Crippen LogP contribution in [0.4, 0.5) is 5.82 Å². The van der Waals surface area contributed by atoms with Gasteiger partial charge < -0.3 is 20.5 Å². The number of aromatic nitrogens is 2. The summed E-state index contributed by atoms with van der Waals surface area (Å²) >= 11 is 6.19. The third-order valence-electron chi connectivity index (χ3n) is 6.82. The fourth-order valence-electron chi connectivity index (χ4n) is 4.80. The van der Waals surface area contributed by atoms with Crippen molar-refractivity contribution in [3.8, 4) is 0 Å². The number of carbonyl (C=O) groups is 2. The number of ether oxygens (including phenoxy) is 1. The summed E-state index contributed by atoms with van der Waals surface area (Å²) in [6.45, 7) is 4.73. The standard InChI is InChI=1S/C26H33ClN4O4/c1-15-12-21(27)23(16(2)29-15)25(32)31-22(26(33)34)9-11-35-20-13-17(14-20)5-7-19-8-6-18-4-3-10-28-24(18)30-19/h6,8,12,17,20,22H,3-5,7,9-11,13-14H2,1-2H3,(H,28,30)(H,31,32)(H,33,34). The zero-order valence-electron chi connectivity index (χ0n) is 20.3. The van der Waals surface area contributed by atoms with Crippen molar-refractivity contribution in [1.29, 1.82) is 0 Å². The van der Waals surface area contributed by atoms with Crippen molar-refractivity contribution in [2.24, 2.45) is 5.92 Å². The first-order chi connectivity index (χ1) is 16.8. The predicted molar refractivity (Wildman–Crippen MR) is 134 cm³/mol. The Kier molecular flexibility index (Phi) is 8.23. The second-order valence-electron chi connectivity index (χ2n) is 9.57. The van der Waals surface area contributed by atoms with Crippen molar-refractivity contribution in [3.63, 3.8) is 0 Å². The zero-order chi connectivity index (χ0) is 24.9. The first kappa shape index (κ1) is 25.4. The van der Waals surface area contributed by atoms with E-state index < -0.39 is 17.9 Å². The molecule has 1 fully saturated rings. The predicted octanol–water partition coefficient (Wildman–Crippen LogP) is 4.11. The number of fused-ring (bicyclic) bond motifs is 1. The van der Waals surface area contributed by atoms with E-state index in [0.29, 0.717) is 17.3 Å². The fourth-order valence-corrected chi connectivity index (χ4v) is 5.18. The molecule has 2 aliphatic rings. The summed E-state index contributed by atoms with van der Waals surface area (Å²) in [6.07, 6.45) is 6.55. The van der Waals surface area contributed by atoms with Gasteiger partial charge >= 0.3 is 5.97 Å². The number of carbonyl (C=O) groups excluding carboxylic acids is 1. The van der Waals surface area contributed by atoms with Crippen LogP contribution in [0, 0.1) is 19.8 Å². The van der Waals surface area contributed by atoms with Crippen LogP contribution in [-0.2, 0) is 22.4 Å². The molecule has 35 heavy (non-hydrogen) atoms. The van der Waals surface area contributed by atoms with Crippen LogP contribution in [0.1, 0.15) is 65.1 Å². The lowest BCUT2D eigenvalue weighted by Crippen LogP contribution is -2.42. The molecule has 1 amide bonds. The van der Waals surface area contributed by atoms with Gasteiger partial charge in [-0.3, -0.25) is 9.78 Å². The molecule has 0 radical (unpaired) electrons. The lowest BCUT2D eigenvalue weighted by Gasteiger charge is -2.35. The number of hydrogen-bond acceptors (Lipinski definition) is 6. The number of carboxylic acids is 1. The average molecular weight is 501 g/mol. The molecule has 0 bridgehead atoms. The monoisotopic (exact) mass is 500 g/mol. The van der Waals surface area contributed by atoms with E-state index >= 15 is 0 Å².